The van der Waals surface area contributed by atoms with Gasteiger partial charge in [0.25, 0.3) is 0 Å². The number of likely N-dealkylation sites (tertiary alicyclic amines) is 1. The number of anilines is 1. The Morgan fingerprint density at radius 2 is 2.04 bits per heavy atom. The molecule has 0 bridgehead atoms. The van der Waals surface area contributed by atoms with Gasteiger partial charge in [-0.3, -0.25) is 0 Å². The first-order valence-electron chi connectivity index (χ1n) is 8.34. The zero-order valence-corrected chi connectivity index (χ0v) is 14.7. The molecule has 0 radical (unpaired) electrons. The Morgan fingerprint density at radius 1 is 1.17 bits per heavy atom. The quantitative estimate of drug-likeness (QED) is 0.774. The Bertz CT molecular complexity index is 666. The molecule has 1 fully saturated rings. The second kappa shape index (κ2) is 7.18. The Kier molecular flexibility index (Phi) is 5.01. The number of nitrogens with one attached hydrogen (secondary N) is 1. The number of rotatable bonds is 2. The summed E-state index contributed by atoms with van der Waals surface area (Å²) >= 11 is 1.75. The molecule has 1 aliphatic rings. The smallest absolute Gasteiger partial charge is 0.317 e. The summed E-state index contributed by atoms with van der Waals surface area (Å²) < 4.78 is 0. The van der Waals surface area contributed by atoms with E-state index in [0.717, 1.165) is 30.6 Å². The molecule has 122 valence electrons. The van der Waals surface area contributed by atoms with E-state index < -0.39 is 0 Å². The van der Waals surface area contributed by atoms with E-state index in [2.05, 4.69) is 42.7 Å². The van der Waals surface area contributed by atoms with Crippen LogP contribution >= 0.6 is 11.3 Å². The largest absolute Gasteiger partial charge is 0.322 e. The van der Waals surface area contributed by atoms with E-state index in [1.807, 2.05) is 17.0 Å². The minimum absolute atomic E-state index is 0.0269. The Morgan fingerprint density at radius 3 is 2.83 bits per heavy atom. The molecule has 1 N–H and O–H groups in total. The lowest BCUT2D eigenvalue weighted by atomic mass is 10.1. The van der Waals surface area contributed by atoms with Crippen LogP contribution in [-0.2, 0) is 0 Å². The number of carbonyl (C=O) groups is 1. The summed E-state index contributed by atoms with van der Waals surface area (Å²) in [4.78, 5) is 16.2. The van der Waals surface area contributed by atoms with Crippen molar-refractivity contribution in [3.8, 4) is 0 Å². The minimum atomic E-state index is 0.0269. The topological polar surface area (TPSA) is 32.3 Å². The van der Waals surface area contributed by atoms with Crippen LogP contribution in [0.3, 0.4) is 0 Å². The van der Waals surface area contributed by atoms with Gasteiger partial charge < -0.3 is 10.2 Å². The van der Waals surface area contributed by atoms with E-state index in [1.165, 1.54) is 23.3 Å². The van der Waals surface area contributed by atoms with Crippen LogP contribution < -0.4 is 5.32 Å². The van der Waals surface area contributed by atoms with Gasteiger partial charge in [-0.2, -0.15) is 0 Å². The van der Waals surface area contributed by atoms with E-state index in [0.29, 0.717) is 0 Å². The van der Waals surface area contributed by atoms with E-state index in [1.54, 1.807) is 11.3 Å². The van der Waals surface area contributed by atoms with Crippen molar-refractivity contribution < 1.29 is 4.79 Å². The molecular weight excluding hydrogens is 304 g/mol. The second-order valence-corrected chi connectivity index (χ2v) is 7.23. The fourth-order valence-corrected chi connectivity index (χ4v) is 4.08. The summed E-state index contributed by atoms with van der Waals surface area (Å²) in [6, 6.07) is 10.5. The lowest BCUT2D eigenvalue weighted by molar-refractivity contribution is 0.190. The molecule has 1 aliphatic heterocycles. The van der Waals surface area contributed by atoms with Crippen LogP contribution in [0.2, 0.25) is 0 Å². The monoisotopic (exact) mass is 328 g/mol. The summed E-state index contributed by atoms with van der Waals surface area (Å²) in [6.45, 7) is 4.97. The van der Waals surface area contributed by atoms with Gasteiger partial charge in [0.1, 0.15) is 0 Å². The van der Waals surface area contributed by atoms with Gasteiger partial charge in [0.2, 0.25) is 0 Å². The third-order valence-corrected chi connectivity index (χ3v) is 5.71. The zero-order chi connectivity index (χ0) is 16.2. The number of hydrogen-bond acceptors (Lipinski definition) is 2. The van der Waals surface area contributed by atoms with Gasteiger partial charge in [-0.1, -0.05) is 31.0 Å². The van der Waals surface area contributed by atoms with Crippen molar-refractivity contribution >= 4 is 23.1 Å². The van der Waals surface area contributed by atoms with Crippen molar-refractivity contribution in [3.05, 3.63) is 51.7 Å². The summed E-state index contributed by atoms with van der Waals surface area (Å²) in [5.74, 6) is 0. The first kappa shape index (κ1) is 16.1. The lowest BCUT2D eigenvalue weighted by Crippen LogP contribution is -2.37. The summed E-state index contributed by atoms with van der Waals surface area (Å²) in [7, 11) is 0. The van der Waals surface area contributed by atoms with Crippen LogP contribution in [0, 0.1) is 13.8 Å². The van der Waals surface area contributed by atoms with Crippen molar-refractivity contribution in [2.45, 2.75) is 45.6 Å². The van der Waals surface area contributed by atoms with Crippen molar-refractivity contribution in [2.75, 3.05) is 11.9 Å². The first-order chi connectivity index (χ1) is 11.2. The van der Waals surface area contributed by atoms with Gasteiger partial charge in [-0.05, 0) is 55.3 Å². The van der Waals surface area contributed by atoms with Gasteiger partial charge in [0.15, 0.2) is 0 Å². The van der Waals surface area contributed by atoms with Gasteiger partial charge in [0.05, 0.1) is 6.04 Å². The molecule has 1 aromatic carbocycles. The number of aryl methyl sites for hydroxylation is 1. The average Bonchev–Trinajstić information content (AvgIpc) is 2.96. The molecule has 3 nitrogen and oxygen atoms in total. The Labute approximate surface area is 142 Å². The molecule has 1 aromatic heterocycles. The van der Waals surface area contributed by atoms with Gasteiger partial charge >= 0.3 is 6.03 Å². The predicted octanol–water partition coefficient (Wildman–Crippen LogP) is 5.51. The number of carbonyl (C=O) groups excluding carboxylic acids is 1. The molecule has 23 heavy (non-hydrogen) atoms. The third-order valence-electron chi connectivity index (χ3n) is 4.73. The van der Waals surface area contributed by atoms with E-state index in [-0.39, 0.29) is 12.1 Å². The van der Waals surface area contributed by atoms with Crippen LogP contribution in [0.15, 0.2) is 35.7 Å². The molecule has 2 aromatic rings. The zero-order valence-electron chi connectivity index (χ0n) is 13.8. The molecule has 0 saturated carbocycles. The molecule has 2 amide bonds. The highest BCUT2D eigenvalue weighted by Gasteiger charge is 2.27. The average molecular weight is 328 g/mol. The lowest BCUT2D eigenvalue weighted by Gasteiger charge is -2.30. The molecule has 0 spiro atoms. The number of thiophene rings is 1. The minimum Gasteiger partial charge on any atom is -0.317 e. The Hall–Kier alpha value is -1.81. The molecule has 1 saturated heterocycles. The maximum Gasteiger partial charge on any atom is 0.322 e. The predicted molar refractivity (Wildman–Crippen MR) is 97.2 cm³/mol. The highest BCUT2D eigenvalue weighted by Crippen LogP contribution is 2.33. The van der Waals surface area contributed by atoms with Crippen molar-refractivity contribution in [1.82, 2.24) is 4.90 Å². The SMILES string of the molecule is Cc1cccc(NC(=O)N2CCCCC[C@@H]2c2cccs2)c1C. The molecule has 3 rings (SSSR count). The molecule has 2 heterocycles. The molecule has 4 heteroatoms. The Balaban J connectivity index is 1.82. The standard InChI is InChI=1S/C19H24N2OS/c1-14-8-6-9-16(15(14)2)20-19(22)21-12-5-3-4-10-17(21)18-11-7-13-23-18/h6-9,11,13,17H,3-5,10,12H2,1-2H3,(H,20,22)/t17-/m1/s1. The van der Waals surface area contributed by atoms with Crippen LogP contribution in [0.5, 0.6) is 0 Å². The van der Waals surface area contributed by atoms with Gasteiger partial charge in [-0.25, -0.2) is 4.79 Å². The number of benzene rings is 1. The summed E-state index contributed by atoms with van der Waals surface area (Å²) in [5.41, 5.74) is 3.26. The summed E-state index contributed by atoms with van der Waals surface area (Å²) in [5, 5.41) is 5.23. The van der Waals surface area contributed by atoms with E-state index in [4.69, 9.17) is 0 Å². The maximum atomic E-state index is 12.9. The van der Waals surface area contributed by atoms with Gasteiger partial charge in [-0.15, -0.1) is 11.3 Å². The number of hydrogen-bond donors (Lipinski definition) is 1. The van der Waals surface area contributed by atoms with E-state index >= 15 is 0 Å². The van der Waals surface area contributed by atoms with Crippen LogP contribution in [0.4, 0.5) is 10.5 Å². The van der Waals surface area contributed by atoms with Crippen LogP contribution in [0.1, 0.15) is 47.7 Å². The van der Waals surface area contributed by atoms with Crippen molar-refractivity contribution in [1.29, 1.82) is 0 Å². The second-order valence-electron chi connectivity index (χ2n) is 6.25. The fraction of sp³-hybridized carbons (Fsp3) is 0.421. The number of urea groups is 1. The first-order valence-corrected chi connectivity index (χ1v) is 9.22. The molecular formula is C19H24N2OS. The fourth-order valence-electron chi connectivity index (χ4n) is 3.20. The normalized spacial score (nSPS) is 18.5. The van der Waals surface area contributed by atoms with Crippen molar-refractivity contribution in [3.63, 3.8) is 0 Å². The molecule has 1 atom stereocenters. The third kappa shape index (κ3) is 3.58. The summed E-state index contributed by atoms with van der Waals surface area (Å²) in [6.07, 6.45) is 4.54. The molecule has 0 unspecified atom stereocenters. The molecule has 0 aliphatic carbocycles. The number of nitrogens with zero attached hydrogens (tertiary/aromatic N) is 1. The van der Waals surface area contributed by atoms with Crippen LogP contribution in [0.25, 0.3) is 0 Å². The van der Waals surface area contributed by atoms with E-state index in [9.17, 15) is 4.79 Å². The highest BCUT2D eigenvalue weighted by molar-refractivity contribution is 7.10. The van der Waals surface area contributed by atoms with Crippen LogP contribution in [-0.4, -0.2) is 17.5 Å². The maximum absolute atomic E-state index is 12.9. The van der Waals surface area contributed by atoms with Gasteiger partial charge in [0, 0.05) is 17.1 Å². The number of amides is 2. The highest BCUT2D eigenvalue weighted by atomic mass is 32.1. The van der Waals surface area contributed by atoms with Crippen molar-refractivity contribution in [2.24, 2.45) is 0 Å².